The van der Waals surface area contributed by atoms with Gasteiger partial charge in [-0.25, -0.2) is 0 Å². The van der Waals surface area contributed by atoms with Crippen LogP contribution in [-0.4, -0.2) is 27.4 Å². The van der Waals surface area contributed by atoms with Gasteiger partial charge in [-0.1, -0.05) is 0 Å². The smallest absolute Gasteiger partial charge is 0.276 e. The molecule has 0 fully saturated rings. The van der Waals surface area contributed by atoms with Gasteiger partial charge < -0.3 is 4.53 Å². The number of hydrogen-bond acceptors (Lipinski definition) is 3. The number of carbonyl (C=O) groups is 2. The molecule has 0 aromatic heterocycles. The molecule has 2 amide bonds. The van der Waals surface area contributed by atoms with Crippen LogP contribution in [0.15, 0.2) is 12.2 Å². The molecule has 48 valence electrons. The van der Waals surface area contributed by atoms with Crippen LogP contribution in [-0.2, 0) is 14.1 Å². The number of hydrogen-bond donors (Lipinski definition) is 0. The molecule has 1 aliphatic rings. The van der Waals surface area contributed by atoms with E-state index in [-0.39, 0.29) is 0 Å². The summed E-state index contributed by atoms with van der Waals surface area (Å²) in [6, 6.07) is 0. The maximum atomic E-state index is 10.5. The molecule has 0 bridgehead atoms. The molecule has 0 aromatic carbocycles. The van der Waals surface area contributed by atoms with Gasteiger partial charge in [0.25, 0.3) is 11.8 Å². The zero-order valence-corrected chi connectivity index (χ0v) is 6.83. The zero-order chi connectivity index (χ0) is 6.85. The average molecular weight is 143 g/mol. The molecule has 0 saturated carbocycles. The van der Waals surface area contributed by atoms with Crippen molar-refractivity contribution in [2.24, 2.45) is 0 Å². The second-order valence-corrected chi connectivity index (χ2v) is 1.85. The number of amides is 2. The fourth-order valence-electron chi connectivity index (χ4n) is 0.567. The van der Waals surface area contributed by atoms with E-state index in [1.165, 1.54) is 12.2 Å². The molecule has 9 heavy (non-hydrogen) atoms. The van der Waals surface area contributed by atoms with Gasteiger partial charge in [-0.2, -0.15) is 5.06 Å². The van der Waals surface area contributed by atoms with Crippen LogP contribution >= 0.6 is 0 Å². The lowest BCUT2D eigenvalue weighted by molar-refractivity contribution is -0.161. The molecular weight excluding hydrogens is 138 g/mol. The fourth-order valence-corrected chi connectivity index (χ4v) is 0.926. The molecule has 0 aliphatic carbocycles. The SMILES string of the molecule is O=C1C=CC(=O)N1O[SiH3]. The second kappa shape index (κ2) is 2.12. The molecule has 1 heterocycles. The molecule has 1 rings (SSSR count). The Bertz CT molecular complexity index is 170. The summed E-state index contributed by atoms with van der Waals surface area (Å²) in [5.74, 6) is -0.787. The van der Waals surface area contributed by atoms with Crippen molar-refractivity contribution >= 4 is 22.3 Å². The summed E-state index contributed by atoms with van der Waals surface area (Å²) in [6.07, 6.45) is 2.36. The van der Waals surface area contributed by atoms with Crippen LogP contribution in [0.5, 0.6) is 0 Å². The largest absolute Gasteiger partial charge is 0.322 e. The van der Waals surface area contributed by atoms with E-state index in [2.05, 4.69) is 4.53 Å². The van der Waals surface area contributed by atoms with Gasteiger partial charge in [-0.3, -0.25) is 9.59 Å². The first-order chi connectivity index (χ1) is 4.25. The van der Waals surface area contributed by atoms with E-state index in [4.69, 9.17) is 0 Å². The van der Waals surface area contributed by atoms with Crippen molar-refractivity contribution in [1.29, 1.82) is 0 Å². The van der Waals surface area contributed by atoms with Crippen molar-refractivity contribution in [3.63, 3.8) is 0 Å². The summed E-state index contributed by atoms with van der Waals surface area (Å²) >= 11 is 0. The van der Waals surface area contributed by atoms with Crippen LogP contribution in [0.4, 0.5) is 0 Å². The summed E-state index contributed by atoms with van der Waals surface area (Å²) in [5, 5.41) is 0.742. The van der Waals surface area contributed by atoms with Crippen molar-refractivity contribution < 1.29 is 14.1 Å². The van der Waals surface area contributed by atoms with Crippen LogP contribution in [0, 0.1) is 0 Å². The van der Waals surface area contributed by atoms with Gasteiger partial charge in [-0.05, 0) is 0 Å². The first-order valence-corrected chi connectivity index (χ1v) is 3.17. The van der Waals surface area contributed by atoms with E-state index in [0.717, 1.165) is 5.06 Å². The third-order valence-corrected chi connectivity index (χ3v) is 1.32. The van der Waals surface area contributed by atoms with E-state index < -0.39 is 11.8 Å². The highest BCUT2D eigenvalue weighted by Gasteiger charge is 2.22. The van der Waals surface area contributed by atoms with Gasteiger partial charge >= 0.3 is 0 Å². The normalized spacial score (nSPS) is 18.0. The molecule has 0 aromatic rings. The van der Waals surface area contributed by atoms with Crippen LogP contribution < -0.4 is 0 Å². The summed E-state index contributed by atoms with van der Waals surface area (Å²) in [6.45, 7) is 0. The highest BCUT2D eigenvalue weighted by atomic mass is 28.2. The maximum Gasteiger partial charge on any atom is 0.276 e. The number of rotatable bonds is 1. The molecular formula is C4H5NO3Si. The van der Waals surface area contributed by atoms with Crippen molar-refractivity contribution in [2.75, 3.05) is 0 Å². The first kappa shape index (κ1) is 6.18. The van der Waals surface area contributed by atoms with E-state index in [1.807, 2.05) is 0 Å². The molecule has 0 unspecified atom stereocenters. The number of nitrogens with zero attached hydrogens (tertiary/aromatic N) is 1. The molecule has 4 nitrogen and oxygen atoms in total. The van der Waals surface area contributed by atoms with Gasteiger partial charge in [0.2, 0.25) is 0 Å². The number of hydroxylamine groups is 2. The minimum atomic E-state index is -0.394. The van der Waals surface area contributed by atoms with E-state index in [1.54, 1.807) is 0 Å². The summed E-state index contributed by atoms with van der Waals surface area (Å²) in [7, 11) is 0.352. The molecule has 0 N–H and O–H groups in total. The minimum absolute atomic E-state index is 0.352. The Kier molecular flexibility index (Phi) is 1.45. The Hall–Kier alpha value is -0.943. The summed E-state index contributed by atoms with van der Waals surface area (Å²) in [4.78, 5) is 21.1. The van der Waals surface area contributed by atoms with Gasteiger partial charge in [0.1, 0.15) is 0 Å². The molecule has 0 radical (unpaired) electrons. The Balaban J connectivity index is 2.75. The van der Waals surface area contributed by atoms with Crippen molar-refractivity contribution in [3.8, 4) is 0 Å². The predicted molar refractivity (Wildman–Crippen MR) is 32.0 cm³/mol. The monoisotopic (exact) mass is 143 g/mol. The molecule has 5 heteroatoms. The maximum absolute atomic E-state index is 10.5. The van der Waals surface area contributed by atoms with E-state index in [0.29, 0.717) is 10.5 Å². The van der Waals surface area contributed by atoms with E-state index >= 15 is 0 Å². The summed E-state index contributed by atoms with van der Waals surface area (Å²) < 4.78 is 4.55. The first-order valence-electron chi connectivity index (χ1n) is 2.36. The molecule has 0 atom stereocenters. The van der Waals surface area contributed by atoms with Gasteiger partial charge in [0, 0.05) is 12.2 Å². The van der Waals surface area contributed by atoms with Crippen LogP contribution in [0.2, 0.25) is 0 Å². The van der Waals surface area contributed by atoms with Crippen LogP contribution in [0.25, 0.3) is 0 Å². The lowest BCUT2D eigenvalue weighted by Gasteiger charge is -2.08. The predicted octanol–water partition coefficient (Wildman–Crippen LogP) is -1.88. The zero-order valence-electron chi connectivity index (χ0n) is 4.83. The molecule has 1 aliphatic heterocycles. The molecule has 0 spiro atoms. The summed E-state index contributed by atoms with van der Waals surface area (Å²) in [5.41, 5.74) is 0. The van der Waals surface area contributed by atoms with Crippen molar-refractivity contribution in [3.05, 3.63) is 12.2 Å². The van der Waals surface area contributed by atoms with Crippen molar-refractivity contribution in [1.82, 2.24) is 5.06 Å². The van der Waals surface area contributed by atoms with Crippen LogP contribution in [0.3, 0.4) is 0 Å². The lowest BCUT2D eigenvalue weighted by atomic mass is 10.6. The Morgan fingerprint density at radius 3 is 2.00 bits per heavy atom. The minimum Gasteiger partial charge on any atom is -0.322 e. The Morgan fingerprint density at radius 1 is 1.33 bits per heavy atom. The van der Waals surface area contributed by atoms with Crippen molar-refractivity contribution in [2.45, 2.75) is 0 Å². The number of imide groups is 1. The lowest BCUT2D eigenvalue weighted by Crippen LogP contribution is -2.28. The average Bonchev–Trinajstić information content (AvgIpc) is 2.12. The van der Waals surface area contributed by atoms with Crippen LogP contribution in [0.1, 0.15) is 0 Å². The van der Waals surface area contributed by atoms with Gasteiger partial charge in [0.05, 0.1) is 0 Å². The third kappa shape index (κ3) is 0.913. The molecule has 0 saturated heterocycles. The highest BCUT2D eigenvalue weighted by Crippen LogP contribution is 2.00. The quantitative estimate of drug-likeness (QED) is 0.319. The Labute approximate surface area is 54.6 Å². The fraction of sp³-hybridized carbons (Fsp3) is 0. The highest BCUT2D eigenvalue weighted by molar-refractivity contribution is 6.13. The van der Waals surface area contributed by atoms with Gasteiger partial charge in [0.15, 0.2) is 10.5 Å². The standard InChI is InChI=1S/C4H5NO3Si/c6-3-1-2-4(7)5(3)8-9/h1-2H,9H3. The third-order valence-electron chi connectivity index (χ3n) is 0.951. The van der Waals surface area contributed by atoms with E-state index in [9.17, 15) is 9.59 Å². The Morgan fingerprint density at radius 2 is 1.78 bits per heavy atom. The van der Waals surface area contributed by atoms with Gasteiger partial charge in [-0.15, -0.1) is 0 Å². The number of carbonyl (C=O) groups excluding carboxylic acids is 2. The topological polar surface area (TPSA) is 46.6 Å². The second-order valence-electron chi connectivity index (χ2n) is 1.49.